The summed E-state index contributed by atoms with van der Waals surface area (Å²) < 4.78 is 5.70. The van der Waals surface area contributed by atoms with E-state index in [1.165, 1.54) is 17.4 Å². The average Bonchev–Trinajstić information content (AvgIpc) is 3.47. The summed E-state index contributed by atoms with van der Waals surface area (Å²) in [4.78, 5) is 44.1. The van der Waals surface area contributed by atoms with Gasteiger partial charge in [0.15, 0.2) is 5.13 Å². The maximum Gasteiger partial charge on any atom is 0.266 e. The Balaban J connectivity index is 1.28. The highest BCUT2D eigenvalue weighted by Crippen LogP contribution is 2.30. The smallest absolute Gasteiger partial charge is 0.266 e. The van der Waals surface area contributed by atoms with Gasteiger partial charge in [-0.05, 0) is 61.0 Å². The minimum absolute atomic E-state index is 0.314. The molecule has 7 nitrogen and oxygen atoms in total. The summed E-state index contributed by atoms with van der Waals surface area (Å²) in [5.74, 6) is -0.373. The van der Waals surface area contributed by atoms with Crippen LogP contribution in [0.1, 0.15) is 50.8 Å². The van der Waals surface area contributed by atoms with E-state index in [0.29, 0.717) is 34.1 Å². The Morgan fingerprint density at radius 1 is 0.972 bits per heavy atom. The fourth-order valence-electron chi connectivity index (χ4n) is 3.90. The molecule has 1 aliphatic heterocycles. The summed E-state index contributed by atoms with van der Waals surface area (Å²) in [5, 5.41) is 5.13. The lowest BCUT2D eigenvalue weighted by Gasteiger charge is -2.14. The summed E-state index contributed by atoms with van der Waals surface area (Å²) in [7, 11) is 0. The van der Waals surface area contributed by atoms with E-state index in [1.807, 2.05) is 29.6 Å². The van der Waals surface area contributed by atoms with Crippen LogP contribution < -0.4 is 15.0 Å². The van der Waals surface area contributed by atoms with Gasteiger partial charge in [-0.25, -0.2) is 9.88 Å². The number of benzene rings is 3. The van der Waals surface area contributed by atoms with E-state index in [1.54, 1.807) is 42.5 Å². The number of carbonyl (C=O) groups is 3. The lowest BCUT2D eigenvalue weighted by molar-refractivity contribution is 0.0924. The van der Waals surface area contributed by atoms with E-state index >= 15 is 0 Å². The number of thiazole rings is 1. The Hall–Kier alpha value is -4.30. The molecule has 2 heterocycles. The quantitative estimate of drug-likeness (QED) is 0.237. The van der Waals surface area contributed by atoms with E-state index in [4.69, 9.17) is 4.74 Å². The highest BCUT2D eigenvalue weighted by molar-refractivity contribution is 7.14. The molecule has 0 atom stereocenters. The van der Waals surface area contributed by atoms with Crippen molar-refractivity contribution < 1.29 is 19.1 Å². The first-order chi connectivity index (χ1) is 17.5. The number of imide groups is 1. The number of hydrogen-bond donors (Lipinski definition) is 1. The molecule has 3 amide bonds. The molecule has 0 bridgehead atoms. The Morgan fingerprint density at radius 2 is 1.69 bits per heavy atom. The van der Waals surface area contributed by atoms with Crippen molar-refractivity contribution in [3.63, 3.8) is 0 Å². The normalized spacial score (nSPS) is 12.5. The molecule has 8 heteroatoms. The second-order valence-corrected chi connectivity index (χ2v) is 9.12. The van der Waals surface area contributed by atoms with Crippen LogP contribution in [0.2, 0.25) is 0 Å². The largest absolute Gasteiger partial charge is 0.494 e. The zero-order chi connectivity index (χ0) is 25.1. The second-order valence-electron chi connectivity index (χ2n) is 8.26. The van der Waals surface area contributed by atoms with Gasteiger partial charge in [0.2, 0.25) is 0 Å². The zero-order valence-electron chi connectivity index (χ0n) is 19.6. The Labute approximate surface area is 212 Å². The number of aromatic nitrogens is 1. The monoisotopic (exact) mass is 497 g/mol. The number of hydrogen-bond acceptors (Lipinski definition) is 6. The Bertz CT molecular complexity index is 1410. The van der Waals surface area contributed by atoms with Gasteiger partial charge in [-0.15, -0.1) is 11.3 Å². The number of ether oxygens (including phenoxy) is 1. The SMILES string of the molecule is CCCCOc1ccc(-c2csc(NC(=O)c3cccc(N4C(=O)c5ccccc5C4=O)c3)n2)cc1. The number of rotatable bonds is 8. The molecule has 1 N–H and O–H groups in total. The highest BCUT2D eigenvalue weighted by atomic mass is 32.1. The van der Waals surface area contributed by atoms with Crippen molar-refractivity contribution in [2.45, 2.75) is 19.8 Å². The van der Waals surface area contributed by atoms with Gasteiger partial charge >= 0.3 is 0 Å². The number of carbonyl (C=O) groups excluding carboxylic acids is 3. The second kappa shape index (κ2) is 10.1. The number of anilines is 2. The molecule has 0 radical (unpaired) electrons. The van der Waals surface area contributed by atoms with Crippen LogP contribution in [0, 0.1) is 0 Å². The molecule has 0 saturated heterocycles. The van der Waals surface area contributed by atoms with Gasteiger partial charge in [-0.3, -0.25) is 19.7 Å². The topological polar surface area (TPSA) is 88.6 Å². The highest BCUT2D eigenvalue weighted by Gasteiger charge is 2.36. The molecule has 0 fully saturated rings. The van der Waals surface area contributed by atoms with Gasteiger partial charge < -0.3 is 4.74 Å². The minimum atomic E-state index is -0.403. The first kappa shape index (κ1) is 23.4. The summed E-state index contributed by atoms with van der Waals surface area (Å²) in [6, 6.07) is 20.8. The molecule has 180 valence electrons. The molecule has 36 heavy (non-hydrogen) atoms. The molecule has 4 aromatic rings. The lowest BCUT2D eigenvalue weighted by atomic mass is 10.1. The van der Waals surface area contributed by atoms with Crippen molar-refractivity contribution in [1.29, 1.82) is 0 Å². The third kappa shape index (κ3) is 4.63. The number of unbranched alkanes of at least 4 members (excludes halogenated alkanes) is 1. The number of nitrogens with one attached hydrogen (secondary N) is 1. The van der Waals surface area contributed by atoms with Gasteiger partial charge in [0, 0.05) is 16.5 Å². The van der Waals surface area contributed by atoms with Crippen LogP contribution in [0.25, 0.3) is 11.3 Å². The molecule has 0 aliphatic carbocycles. The standard InChI is InChI=1S/C28H23N3O4S/c1-2-3-15-35-21-13-11-18(12-14-21)24-17-36-28(29-24)30-25(32)19-7-6-8-20(16-19)31-26(33)22-9-4-5-10-23(22)27(31)34/h4-14,16-17H,2-3,15H2,1H3,(H,29,30,32). The number of fused-ring (bicyclic) bond motifs is 1. The minimum Gasteiger partial charge on any atom is -0.494 e. The predicted molar refractivity (Wildman–Crippen MR) is 140 cm³/mol. The molecule has 0 saturated carbocycles. The van der Waals surface area contributed by atoms with Crippen LogP contribution in [0.5, 0.6) is 5.75 Å². The van der Waals surface area contributed by atoms with Crippen molar-refractivity contribution in [3.8, 4) is 17.0 Å². The molecular weight excluding hydrogens is 474 g/mol. The van der Waals surface area contributed by atoms with Crippen LogP contribution in [0.3, 0.4) is 0 Å². The van der Waals surface area contributed by atoms with Gasteiger partial charge in [0.05, 0.1) is 29.1 Å². The fraction of sp³-hybridized carbons (Fsp3) is 0.143. The van der Waals surface area contributed by atoms with Crippen LogP contribution in [-0.4, -0.2) is 29.3 Å². The van der Waals surface area contributed by atoms with Crippen LogP contribution in [0.4, 0.5) is 10.8 Å². The first-order valence-corrected chi connectivity index (χ1v) is 12.5. The molecule has 3 aromatic carbocycles. The summed E-state index contributed by atoms with van der Waals surface area (Å²) in [6.07, 6.45) is 2.09. The van der Waals surface area contributed by atoms with Crippen molar-refractivity contribution in [2.24, 2.45) is 0 Å². The van der Waals surface area contributed by atoms with Crippen molar-refractivity contribution in [3.05, 3.63) is 94.9 Å². The Kier molecular flexibility index (Phi) is 6.60. The summed E-state index contributed by atoms with van der Waals surface area (Å²) in [6.45, 7) is 2.81. The van der Waals surface area contributed by atoms with Crippen molar-refractivity contribution >= 4 is 39.9 Å². The zero-order valence-corrected chi connectivity index (χ0v) is 20.4. The maximum absolute atomic E-state index is 12.9. The third-order valence-electron chi connectivity index (χ3n) is 5.80. The van der Waals surface area contributed by atoms with E-state index in [-0.39, 0.29) is 5.91 Å². The van der Waals surface area contributed by atoms with Crippen LogP contribution in [0.15, 0.2) is 78.2 Å². The maximum atomic E-state index is 12.9. The van der Waals surface area contributed by atoms with Crippen molar-refractivity contribution in [1.82, 2.24) is 4.98 Å². The van der Waals surface area contributed by atoms with Crippen LogP contribution in [-0.2, 0) is 0 Å². The van der Waals surface area contributed by atoms with E-state index in [9.17, 15) is 14.4 Å². The van der Waals surface area contributed by atoms with Gasteiger partial charge in [0.1, 0.15) is 5.75 Å². The summed E-state index contributed by atoms with van der Waals surface area (Å²) in [5.41, 5.74) is 3.03. The first-order valence-electron chi connectivity index (χ1n) is 11.6. The van der Waals surface area contributed by atoms with Crippen LogP contribution >= 0.6 is 11.3 Å². The number of amides is 3. The molecule has 5 rings (SSSR count). The average molecular weight is 498 g/mol. The molecule has 1 aliphatic rings. The van der Waals surface area contributed by atoms with E-state index < -0.39 is 11.8 Å². The van der Waals surface area contributed by atoms with Gasteiger partial charge in [0.25, 0.3) is 17.7 Å². The molecule has 0 unspecified atom stereocenters. The molecular formula is C28H23N3O4S. The fourth-order valence-corrected chi connectivity index (χ4v) is 4.61. The van der Waals surface area contributed by atoms with E-state index in [0.717, 1.165) is 34.7 Å². The van der Waals surface area contributed by atoms with Gasteiger partial charge in [-0.2, -0.15) is 0 Å². The predicted octanol–water partition coefficient (Wildman–Crippen LogP) is 6.04. The number of nitrogens with zero attached hydrogens (tertiary/aromatic N) is 2. The Morgan fingerprint density at radius 3 is 2.39 bits per heavy atom. The molecule has 1 aromatic heterocycles. The third-order valence-corrected chi connectivity index (χ3v) is 6.56. The van der Waals surface area contributed by atoms with Gasteiger partial charge in [-0.1, -0.05) is 31.5 Å². The lowest BCUT2D eigenvalue weighted by Crippen LogP contribution is -2.29. The van der Waals surface area contributed by atoms with E-state index in [2.05, 4.69) is 17.2 Å². The van der Waals surface area contributed by atoms with Crippen molar-refractivity contribution in [2.75, 3.05) is 16.8 Å². The molecule has 0 spiro atoms. The summed E-state index contributed by atoms with van der Waals surface area (Å²) >= 11 is 1.32.